The molecule has 1 N–H and O–H groups in total. The first kappa shape index (κ1) is 26.0. The third-order valence-electron chi connectivity index (χ3n) is 5.99. The fourth-order valence-electron chi connectivity index (χ4n) is 4.05. The standard InChI is InChI=1S/C30H36N2O3/c1-5-31-30(34)27(19-24-11-7-6-8-12-24)32(20-25-17-15-23(4)16-18-25)29(33)21-35-28-14-10-9-13-26(28)22(2)3/h6-18,22,27H,5,19-21H2,1-4H3,(H,31,34)/t27-/m0/s1. The molecule has 0 radical (unpaired) electrons. The fourth-order valence-corrected chi connectivity index (χ4v) is 4.05. The second-order valence-electron chi connectivity index (χ2n) is 9.09. The highest BCUT2D eigenvalue weighted by atomic mass is 16.5. The predicted octanol–water partition coefficient (Wildman–Crippen LogP) is 5.27. The van der Waals surface area contributed by atoms with Gasteiger partial charge in [0.25, 0.3) is 5.91 Å². The molecule has 0 aromatic heterocycles. The van der Waals surface area contributed by atoms with Crippen molar-refractivity contribution < 1.29 is 14.3 Å². The van der Waals surface area contributed by atoms with Crippen molar-refractivity contribution in [2.24, 2.45) is 0 Å². The summed E-state index contributed by atoms with van der Waals surface area (Å²) in [4.78, 5) is 28.5. The Kier molecular flexibility index (Phi) is 9.47. The number of likely N-dealkylation sites (N-methyl/N-ethyl adjacent to an activating group) is 1. The van der Waals surface area contributed by atoms with Gasteiger partial charge in [-0.1, -0.05) is 92.2 Å². The minimum atomic E-state index is -0.657. The summed E-state index contributed by atoms with van der Waals surface area (Å²) in [6.45, 7) is 8.78. The Morgan fingerprint density at radius 2 is 1.54 bits per heavy atom. The summed E-state index contributed by atoms with van der Waals surface area (Å²) in [5.74, 6) is 0.575. The Morgan fingerprint density at radius 3 is 2.20 bits per heavy atom. The molecule has 0 saturated heterocycles. The molecule has 0 aliphatic rings. The smallest absolute Gasteiger partial charge is 0.261 e. The van der Waals surface area contributed by atoms with Crippen LogP contribution in [0.2, 0.25) is 0 Å². The van der Waals surface area contributed by atoms with Crippen LogP contribution in [0, 0.1) is 6.92 Å². The first-order valence-electron chi connectivity index (χ1n) is 12.3. The quantitative estimate of drug-likeness (QED) is 0.413. The van der Waals surface area contributed by atoms with E-state index in [1.807, 2.05) is 92.7 Å². The Morgan fingerprint density at radius 1 is 0.886 bits per heavy atom. The van der Waals surface area contributed by atoms with Crippen LogP contribution < -0.4 is 10.1 Å². The highest BCUT2D eigenvalue weighted by Crippen LogP contribution is 2.26. The van der Waals surface area contributed by atoms with Crippen molar-refractivity contribution in [1.82, 2.24) is 10.2 Å². The Bertz CT molecular complexity index is 1090. The summed E-state index contributed by atoms with van der Waals surface area (Å²) in [7, 11) is 0. The lowest BCUT2D eigenvalue weighted by molar-refractivity contribution is -0.142. The van der Waals surface area contributed by atoms with Crippen molar-refractivity contribution >= 4 is 11.8 Å². The molecule has 0 saturated carbocycles. The summed E-state index contributed by atoms with van der Waals surface area (Å²) in [5, 5.41) is 2.92. The zero-order chi connectivity index (χ0) is 25.2. The van der Waals surface area contributed by atoms with Crippen LogP contribution in [0.5, 0.6) is 5.75 Å². The van der Waals surface area contributed by atoms with E-state index in [0.29, 0.717) is 25.3 Å². The average Bonchev–Trinajstić information content (AvgIpc) is 2.86. The predicted molar refractivity (Wildman–Crippen MR) is 140 cm³/mol. The second-order valence-corrected chi connectivity index (χ2v) is 9.09. The summed E-state index contributed by atoms with van der Waals surface area (Å²) in [6.07, 6.45) is 0.423. The van der Waals surface area contributed by atoms with Crippen molar-refractivity contribution in [2.45, 2.75) is 52.6 Å². The molecule has 0 unspecified atom stereocenters. The van der Waals surface area contributed by atoms with Crippen LogP contribution >= 0.6 is 0 Å². The number of hydrogen-bond acceptors (Lipinski definition) is 3. The lowest BCUT2D eigenvalue weighted by Crippen LogP contribution is -2.51. The van der Waals surface area contributed by atoms with E-state index in [1.54, 1.807) is 4.90 Å². The van der Waals surface area contributed by atoms with E-state index >= 15 is 0 Å². The van der Waals surface area contributed by atoms with Crippen LogP contribution in [0.4, 0.5) is 0 Å². The van der Waals surface area contributed by atoms with Gasteiger partial charge < -0.3 is 15.0 Å². The molecule has 0 fully saturated rings. The average molecular weight is 473 g/mol. The number of rotatable bonds is 11. The van der Waals surface area contributed by atoms with Crippen LogP contribution in [0.25, 0.3) is 0 Å². The van der Waals surface area contributed by atoms with Crippen molar-refractivity contribution in [1.29, 1.82) is 0 Å². The molecule has 3 aromatic carbocycles. The van der Waals surface area contributed by atoms with E-state index in [2.05, 4.69) is 19.2 Å². The SMILES string of the molecule is CCNC(=O)[C@H](Cc1ccccc1)N(Cc1ccc(C)cc1)C(=O)COc1ccccc1C(C)C. The Hall–Kier alpha value is -3.60. The summed E-state index contributed by atoms with van der Waals surface area (Å²) in [5.41, 5.74) is 4.16. The molecular formula is C30H36N2O3. The number of carbonyl (C=O) groups is 2. The summed E-state index contributed by atoms with van der Waals surface area (Å²) < 4.78 is 6.02. The summed E-state index contributed by atoms with van der Waals surface area (Å²) in [6, 6.07) is 25.0. The van der Waals surface area contributed by atoms with Crippen LogP contribution in [0.15, 0.2) is 78.9 Å². The number of nitrogens with zero attached hydrogens (tertiary/aromatic N) is 1. The van der Waals surface area contributed by atoms with Gasteiger partial charge in [-0.15, -0.1) is 0 Å². The molecule has 1 atom stereocenters. The van der Waals surface area contributed by atoms with Gasteiger partial charge in [0.05, 0.1) is 0 Å². The largest absolute Gasteiger partial charge is 0.483 e. The Labute approximate surface area is 209 Å². The minimum Gasteiger partial charge on any atom is -0.483 e. The van der Waals surface area contributed by atoms with Gasteiger partial charge in [0.15, 0.2) is 6.61 Å². The van der Waals surface area contributed by atoms with Crippen LogP contribution in [0.3, 0.4) is 0 Å². The number of ether oxygens (including phenoxy) is 1. The monoisotopic (exact) mass is 472 g/mol. The molecule has 0 aliphatic carbocycles. The van der Waals surface area contributed by atoms with E-state index in [1.165, 1.54) is 0 Å². The molecule has 3 rings (SSSR count). The molecule has 184 valence electrons. The molecule has 5 nitrogen and oxygen atoms in total. The third-order valence-corrected chi connectivity index (χ3v) is 5.99. The number of benzene rings is 3. The molecule has 3 aromatic rings. The maximum absolute atomic E-state index is 13.6. The van der Waals surface area contributed by atoms with Gasteiger partial charge in [-0.2, -0.15) is 0 Å². The van der Waals surface area contributed by atoms with Crippen molar-refractivity contribution in [2.75, 3.05) is 13.2 Å². The zero-order valence-corrected chi connectivity index (χ0v) is 21.2. The third kappa shape index (κ3) is 7.44. The molecular weight excluding hydrogens is 436 g/mol. The highest BCUT2D eigenvalue weighted by Gasteiger charge is 2.30. The van der Waals surface area contributed by atoms with Gasteiger partial charge in [0.1, 0.15) is 11.8 Å². The van der Waals surface area contributed by atoms with Crippen LogP contribution in [-0.4, -0.2) is 35.9 Å². The van der Waals surface area contributed by atoms with E-state index in [4.69, 9.17) is 4.74 Å². The van der Waals surface area contributed by atoms with E-state index in [0.717, 1.165) is 22.3 Å². The number of carbonyl (C=O) groups excluding carboxylic acids is 2. The second kappa shape index (κ2) is 12.7. The zero-order valence-electron chi connectivity index (χ0n) is 21.2. The maximum Gasteiger partial charge on any atom is 0.261 e. The van der Waals surface area contributed by atoms with E-state index in [9.17, 15) is 9.59 Å². The fraction of sp³-hybridized carbons (Fsp3) is 0.333. The maximum atomic E-state index is 13.6. The van der Waals surface area contributed by atoms with Gasteiger partial charge in [-0.3, -0.25) is 9.59 Å². The molecule has 0 bridgehead atoms. The van der Waals surface area contributed by atoms with Gasteiger partial charge >= 0.3 is 0 Å². The van der Waals surface area contributed by atoms with Crippen molar-refractivity contribution in [3.63, 3.8) is 0 Å². The molecule has 0 heterocycles. The topological polar surface area (TPSA) is 58.6 Å². The number of hydrogen-bond donors (Lipinski definition) is 1. The molecule has 0 aliphatic heterocycles. The lowest BCUT2D eigenvalue weighted by Gasteiger charge is -2.31. The number of amides is 2. The number of nitrogens with one attached hydrogen (secondary N) is 1. The summed E-state index contributed by atoms with van der Waals surface area (Å²) >= 11 is 0. The number of para-hydroxylation sites is 1. The molecule has 35 heavy (non-hydrogen) atoms. The number of aryl methyl sites for hydroxylation is 1. The normalized spacial score (nSPS) is 11.7. The van der Waals surface area contributed by atoms with Crippen molar-refractivity contribution in [3.8, 4) is 5.75 Å². The van der Waals surface area contributed by atoms with E-state index in [-0.39, 0.29) is 24.3 Å². The van der Waals surface area contributed by atoms with Gasteiger partial charge in [0, 0.05) is 19.5 Å². The molecule has 5 heteroatoms. The molecule has 0 spiro atoms. The Balaban J connectivity index is 1.90. The minimum absolute atomic E-state index is 0.139. The van der Waals surface area contributed by atoms with Crippen molar-refractivity contribution in [3.05, 3.63) is 101 Å². The van der Waals surface area contributed by atoms with Crippen LogP contribution in [0.1, 0.15) is 48.9 Å². The lowest BCUT2D eigenvalue weighted by atomic mass is 10.0. The van der Waals surface area contributed by atoms with E-state index < -0.39 is 6.04 Å². The first-order valence-corrected chi connectivity index (χ1v) is 12.3. The highest BCUT2D eigenvalue weighted by molar-refractivity contribution is 5.88. The first-order chi connectivity index (χ1) is 16.9. The van der Waals surface area contributed by atoms with Crippen LogP contribution in [-0.2, 0) is 22.6 Å². The van der Waals surface area contributed by atoms with Gasteiger partial charge in [0.2, 0.25) is 5.91 Å². The van der Waals surface area contributed by atoms with Gasteiger partial charge in [-0.25, -0.2) is 0 Å². The van der Waals surface area contributed by atoms with Gasteiger partial charge in [-0.05, 0) is 42.5 Å². The molecule has 2 amide bonds.